The molecule has 1 saturated heterocycles. The van der Waals surface area contributed by atoms with Gasteiger partial charge in [-0.2, -0.15) is 0 Å². The molecule has 0 saturated carbocycles. The quantitative estimate of drug-likeness (QED) is 0.896. The van der Waals surface area contributed by atoms with Gasteiger partial charge in [0.25, 0.3) is 0 Å². The van der Waals surface area contributed by atoms with Crippen LogP contribution in [0.15, 0.2) is 18.2 Å². The fourth-order valence-electron chi connectivity index (χ4n) is 2.14. The fourth-order valence-corrected chi connectivity index (χ4v) is 3.19. The maximum Gasteiger partial charge on any atom is 0.240 e. The average molecular weight is 306 g/mol. The van der Waals surface area contributed by atoms with Crippen LogP contribution in [0.4, 0.5) is 10.8 Å². The van der Waals surface area contributed by atoms with E-state index >= 15 is 0 Å². The highest BCUT2D eigenvalue weighted by molar-refractivity contribution is 7.22. The summed E-state index contributed by atoms with van der Waals surface area (Å²) in [6.45, 7) is 4.89. The van der Waals surface area contributed by atoms with E-state index in [1.165, 1.54) is 0 Å². The Kier molecular flexibility index (Phi) is 4.05. The SMILES string of the molecule is C[C@@H](N)C(=O)Nc1ccc2nc(N3CCOCC3)sc2c1. The zero-order valence-electron chi connectivity index (χ0n) is 11.8. The Morgan fingerprint density at radius 1 is 1.48 bits per heavy atom. The third kappa shape index (κ3) is 3.15. The number of carbonyl (C=O) groups excluding carboxylic acids is 1. The normalized spacial score (nSPS) is 17.0. The number of rotatable bonds is 3. The van der Waals surface area contributed by atoms with Crippen LogP contribution in [0, 0.1) is 0 Å². The lowest BCUT2D eigenvalue weighted by Gasteiger charge is -2.25. The molecule has 0 bridgehead atoms. The topological polar surface area (TPSA) is 80.5 Å². The van der Waals surface area contributed by atoms with Crippen LogP contribution in [0.3, 0.4) is 0 Å². The number of thiazole rings is 1. The first-order chi connectivity index (χ1) is 10.1. The van der Waals surface area contributed by atoms with E-state index < -0.39 is 6.04 Å². The van der Waals surface area contributed by atoms with Crippen molar-refractivity contribution >= 4 is 38.3 Å². The van der Waals surface area contributed by atoms with Crippen LogP contribution in [0.2, 0.25) is 0 Å². The maximum absolute atomic E-state index is 11.6. The highest BCUT2D eigenvalue weighted by Gasteiger charge is 2.16. The highest BCUT2D eigenvalue weighted by Crippen LogP contribution is 2.31. The Morgan fingerprint density at radius 2 is 2.24 bits per heavy atom. The number of hydrogen-bond acceptors (Lipinski definition) is 6. The van der Waals surface area contributed by atoms with Gasteiger partial charge in [0.1, 0.15) is 0 Å². The maximum atomic E-state index is 11.6. The number of nitrogens with two attached hydrogens (primary N) is 1. The molecule has 21 heavy (non-hydrogen) atoms. The molecule has 112 valence electrons. The van der Waals surface area contributed by atoms with E-state index in [1.807, 2.05) is 18.2 Å². The van der Waals surface area contributed by atoms with Gasteiger partial charge in [0, 0.05) is 18.8 Å². The smallest absolute Gasteiger partial charge is 0.240 e. The predicted octanol–water partition coefficient (Wildman–Crippen LogP) is 1.42. The third-order valence-corrected chi connectivity index (χ3v) is 4.42. The number of hydrogen-bond donors (Lipinski definition) is 2. The molecule has 1 aliphatic heterocycles. The first-order valence-electron chi connectivity index (χ1n) is 6.93. The molecule has 2 aromatic rings. The summed E-state index contributed by atoms with van der Waals surface area (Å²) in [7, 11) is 0. The minimum atomic E-state index is -0.522. The van der Waals surface area contributed by atoms with Crippen LogP contribution in [0.25, 0.3) is 10.2 Å². The summed E-state index contributed by atoms with van der Waals surface area (Å²) in [5.74, 6) is -0.188. The van der Waals surface area contributed by atoms with Crippen LogP contribution in [0.5, 0.6) is 0 Å². The van der Waals surface area contributed by atoms with Gasteiger partial charge < -0.3 is 20.7 Å². The monoisotopic (exact) mass is 306 g/mol. The Bertz CT molecular complexity index is 649. The van der Waals surface area contributed by atoms with Gasteiger partial charge in [-0.3, -0.25) is 4.79 Å². The van der Waals surface area contributed by atoms with E-state index in [1.54, 1.807) is 18.3 Å². The second kappa shape index (κ2) is 5.97. The zero-order valence-corrected chi connectivity index (χ0v) is 12.7. The number of fused-ring (bicyclic) bond motifs is 1. The Labute approximate surface area is 126 Å². The fraction of sp³-hybridized carbons (Fsp3) is 0.429. The molecular formula is C14H18N4O2S. The molecule has 1 atom stereocenters. The van der Waals surface area contributed by atoms with Crippen molar-refractivity contribution in [2.24, 2.45) is 5.73 Å². The summed E-state index contributed by atoms with van der Waals surface area (Å²) in [6.07, 6.45) is 0. The first kappa shape index (κ1) is 14.2. The molecule has 0 unspecified atom stereocenters. The minimum Gasteiger partial charge on any atom is -0.378 e. The van der Waals surface area contributed by atoms with Gasteiger partial charge in [0.2, 0.25) is 5.91 Å². The standard InChI is InChI=1S/C14H18N4O2S/c1-9(15)13(19)16-10-2-3-11-12(8-10)21-14(17-11)18-4-6-20-7-5-18/h2-3,8-9H,4-7,15H2,1H3,(H,16,19)/t9-/m1/s1. The van der Waals surface area contributed by atoms with Gasteiger partial charge >= 0.3 is 0 Å². The second-order valence-corrected chi connectivity index (χ2v) is 6.07. The number of nitrogens with one attached hydrogen (secondary N) is 1. The number of nitrogens with zero attached hydrogens (tertiary/aromatic N) is 2. The molecule has 1 aliphatic rings. The van der Waals surface area contributed by atoms with Crippen LogP contribution >= 0.6 is 11.3 Å². The molecule has 0 radical (unpaired) electrons. The largest absolute Gasteiger partial charge is 0.378 e. The van der Waals surface area contributed by atoms with Crippen LogP contribution in [-0.2, 0) is 9.53 Å². The van der Waals surface area contributed by atoms with Crippen LogP contribution in [-0.4, -0.2) is 43.2 Å². The van der Waals surface area contributed by atoms with Crippen molar-refractivity contribution < 1.29 is 9.53 Å². The van der Waals surface area contributed by atoms with Gasteiger partial charge in [0.05, 0.1) is 29.5 Å². The number of aromatic nitrogens is 1. The Hall–Kier alpha value is -1.70. The van der Waals surface area contributed by atoms with E-state index in [0.717, 1.165) is 47.3 Å². The molecule has 1 aromatic heterocycles. The first-order valence-corrected chi connectivity index (χ1v) is 7.75. The molecule has 6 nitrogen and oxygen atoms in total. The number of amides is 1. The van der Waals surface area contributed by atoms with Crippen LogP contribution in [0.1, 0.15) is 6.92 Å². The molecule has 0 spiro atoms. The van der Waals surface area contributed by atoms with Crippen molar-refractivity contribution in [1.29, 1.82) is 0 Å². The number of ether oxygens (including phenoxy) is 1. The average Bonchev–Trinajstić information content (AvgIpc) is 2.91. The predicted molar refractivity (Wildman–Crippen MR) is 84.9 cm³/mol. The number of morpholine rings is 1. The lowest BCUT2D eigenvalue weighted by Crippen LogP contribution is -2.36. The minimum absolute atomic E-state index is 0.188. The van der Waals surface area contributed by atoms with Gasteiger partial charge in [0.15, 0.2) is 5.13 Å². The van der Waals surface area contributed by atoms with E-state index in [-0.39, 0.29) is 5.91 Å². The summed E-state index contributed by atoms with van der Waals surface area (Å²) in [5, 5.41) is 3.81. The zero-order chi connectivity index (χ0) is 14.8. The molecule has 1 fully saturated rings. The van der Waals surface area contributed by atoms with Crippen molar-refractivity contribution in [3.8, 4) is 0 Å². The van der Waals surface area contributed by atoms with Crippen molar-refractivity contribution in [1.82, 2.24) is 4.98 Å². The van der Waals surface area contributed by atoms with Crippen molar-refractivity contribution in [2.45, 2.75) is 13.0 Å². The van der Waals surface area contributed by atoms with E-state index in [9.17, 15) is 4.79 Å². The lowest BCUT2D eigenvalue weighted by atomic mass is 10.2. The number of anilines is 2. The van der Waals surface area contributed by atoms with E-state index in [0.29, 0.717) is 0 Å². The van der Waals surface area contributed by atoms with Gasteiger partial charge in [-0.05, 0) is 25.1 Å². The van der Waals surface area contributed by atoms with Crippen molar-refractivity contribution in [3.63, 3.8) is 0 Å². The van der Waals surface area contributed by atoms with E-state index in [4.69, 9.17) is 10.5 Å². The molecule has 3 rings (SSSR count). The van der Waals surface area contributed by atoms with Gasteiger partial charge in [-0.25, -0.2) is 4.98 Å². The van der Waals surface area contributed by atoms with Gasteiger partial charge in [-0.15, -0.1) is 0 Å². The Morgan fingerprint density at radius 3 is 2.95 bits per heavy atom. The molecule has 0 aliphatic carbocycles. The molecular weight excluding hydrogens is 288 g/mol. The molecule has 1 amide bonds. The summed E-state index contributed by atoms with van der Waals surface area (Å²) >= 11 is 1.63. The molecule has 7 heteroatoms. The van der Waals surface area contributed by atoms with Gasteiger partial charge in [-0.1, -0.05) is 11.3 Å². The van der Waals surface area contributed by atoms with Crippen LogP contribution < -0.4 is 16.0 Å². The summed E-state index contributed by atoms with van der Waals surface area (Å²) in [5.41, 5.74) is 7.25. The highest BCUT2D eigenvalue weighted by atomic mass is 32.1. The van der Waals surface area contributed by atoms with Crippen molar-refractivity contribution in [3.05, 3.63) is 18.2 Å². The summed E-state index contributed by atoms with van der Waals surface area (Å²) in [6, 6.07) is 5.20. The van der Waals surface area contributed by atoms with Crippen molar-refractivity contribution in [2.75, 3.05) is 36.5 Å². The Balaban J connectivity index is 1.82. The number of benzene rings is 1. The van der Waals surface area contributed by atoms with E-state index in [2.05, 4.69) is 15.2 Å². The summed E-state index contributed by atoms with van der Waals surface area (Å²) in [4.78, 5) is 18.5. The molecule has 3 N–H and O–H groups in total. The summed E-state index contributed by atoms with van der Waals surface area (Å²) < 4.78 is 6.41. The third-order valence-electron chi connectivity index (χ3n) is 3.34. The molecule has 2 heterocycles. The molecule has 1 aromatic carbocycles. The second-order valence-electron chi connectivity index (χ2n) is 5.06. The number of carbonyl (C=O) groups is 1. The lowest BCUT2D eigenvalue weighted by molar-refractivity contribution is -0.117.